The third-order valence-corrected chi connectivity index (χ3v) is 4.11. The zero-order valence-electron chi connectivity index (χ0n) is 13.3. The number of anilines is 1. The van der Waals surface area contributed by atoms with Gasteiger partial charge in [0.15, 0.2) is 0 Å². The van der Waals surface area contributed by atoms with Crippen molar-refractivity contribution in [2.45, 2.75) is 6.92 Å². The molecule has 0 aliphatic rings. The lowest BCUT2D eigenvalue weighted by atomic mass is 10.00. The van der Waals surface area contributed by atoms with Crippen molar-refractivity contribution in [2.75, 3.05) is 12.4 Å². The van der Waals surface area contributed by atoms with E-state index in [2.05, 4.69) is 5.32 Å². The number of aromatic hydroxyl groups is 1. The lowest BCUT2D eigenvalue weighted by Gasteiger charge is -2.13. The number of fused-ring (bicyclic) bond motifs is 1. The molecule has 3 aromatic carbocycles. The zero-order valence-corrected chi connectivity index (χ0v) is 14.0. The van der Waals surface area contributed by atoms with Gasteiger partial charge >= 0.3 is 0 Å². The van der Waals surface area contributed by atoms with Crippen molar-refractivity contribution in [3.63, 3.8) is 0 Å². The lowest BCUT2D eigenvalue weighted by Crippen LogP contribution is -2.13. The highest BCUT2D eigenvalue weighted by Gasteiger charge is 2.17. The van der Waals surface area contributed by atoms with Gasteiger partial charge < -0.3 is 15.2 Å². The summed E-state index contributed by atoms with van der Waals surface area (Å²) >= 11 is 6.02. The maximum atomic E-state index is 12.6. The third-order valence-electron chi connectivity index (χ3n) is 3.88. The first-order chi connectivity index (χ1) is 11.5. The van der Waals surface area contributed by atoms with Gasteiger partial charge in [0, 0.05) is 10.4 Å². The summed E-state index contributed by atoms with van der Waals surface area (Å²) in [5.74, 6) is 0.0402. The van der Waals surface area contributed by atoms with Crippen molar-refractivity contribution in [2.24, 2.45) is 0 Å². The first-order valence-corrected chi connectivity index (χ1v) is 7.75. The lowest BCUT2D eigenvalue weighted by molar-refractivity contribution is 0.102. The highest BCUT2D eigenvalue weighted by Crippen LogP contribution is 2.34. The molecule has 0 aromatic heterocycles. The zero-order chi connectivity index (χ0) is 17.3. The number of para-hydroxylation sites is 2. The standard InChI is InChI=1S/C19H16ClNO3/c1-11-9-15(18(22)14-10-12(20)7-8-13(11)14)19(23)21-16-5-3-4-6-17(16)24-2/h3-10,22H,1-2H3,(H,21,23). The van der Waals surface area contributed by atoms with Crippen LogP contribution in [0.2, 0.25) is 5.02 Å². The van der Waals surface area contributed by atoms with E-state index in [4.69, 9.17) is 16.3 Å². The monoisotopic (exact) mass is 341 g/mol. The number of phenols is 1. The fraction of sp³-hybridized carbons (Fsp3) is 0.105. The van der Waals surface area contributed by atoms with Gasteiger partial charge in [-0.3, -0.25) is 4.79 Å². The molecule has 3 rings (SSSR count). The molecule has 0 radical (unpaired) electrons. The highest BCUT2D eigenvalue weighted by atomic mass is 35.5. The number of hydrogen-bond acceptors (Lipinski definition) is 3. The summed E-state index contributed by atoms with van der Waals surface area (Å²) in [5, 5.41) is 15.2. The molecule has 0 saturated heterocycles. The number of benzene rings is 3. The Hall–Kier alpha value is -2.72. The van der Waals surface area contributed by atoms with Crippen molar-refractivity contribution < 1.29 is 14.6 Å². The van der Waals surface area contributed by atoms with E-state index in [0.717, 1.165) is 10.9 Å². The summed E-state index contributed by atoms with van der Waals surface area (Å²) < 4.78 is 5.23. The molecule has 0 aliphatic carbocycles. The molecule has 4 nitrogen and oxygen atoms in total. The van der Waals surface area contributed by atoms with Gasteiger partial charge in [-0.1, -0.05) is 29.8 Å². The number of amides is 1. The fourth-order valence-corrected chi connectivity index (χ4v) is 2.85. The van der Waals surface area contributed by atoms with Crippen LogP contribution in [0.5, 0.6) is 11.5 Å². The third kappa shape index (κ3) is 2.88. The van der Waals surface area contributed by atoms with E-state index in [9.17, 15) is 9.90 Å². The number of hydrogen-bond donors (Lipinski definition) is 2. The number of halogens is 1. The van der Waals surface area contributed by atoms with Crippen molar-refractivity contribution in [1.29, 1.82) is 0 Å². The average molecular weight is 342 g/mol. The molecule has 0 unspecified atom stereocenters. The average Bonchev–Trinajstić information content (AvgIpc) is 2.58. The second kappa shape index (κ2) is 6.42. The van der Waals surface area contributed by atoms with E-state index in [1.807, 2.05) is 19.1 Å². The molecular weight excluding hydrogens is 326 g/mol. The Balaban J connectivity index is 2.05. The van der Waals surface area contributed by atoms with Crippen LogP contribution in [0, 0.1) is 6.92 Å². The van der Waals surface area contributed by atoms with E-state index in [1.54, 1.807) is 36.4 Å². The summed E-state index contributed by atoms with van der Waals surface area (Å²) in [6.07, 6.45) is 0. The van der Waals surface area contributed by atoms with E-state index < -0.39 is 5.91 Å². The molecule has 24 heavy (non-hydrogen) atoms. The van der Waals surface area contributed by atoms with E-state index in [-0.39, 0.29) is 11.3 Å². The van der Waals surface area contributed by atoms with Crippen LogP contribution in [0.3, 0.4) is 0 Å². The molecule has 5 heteroatoms. The number of rotatable bonds is 3. The van der Waals surface area contributed by atoms with Gasteiger partial charge in [-0.05, 0) is 48.2 Å². The summed E-state index contributed by atoms with van der Waals surface area (Å²) in [5.41, 5.74) is 1.60. The molecule has 122 valence electrons. The maximum absolute atomic E-state index is 12.6. The van der Waals surface area contributed by atoms with E-state index in [1.165, 1.54) is 7.11 Å². The van der Waals surface area contributed by atoms with Crippen molar-refractivity contribution in [1.82, 2.24) is 0 Å². The van der Waals surface area contributed by atoms with E-state index in [0.29, 0.717) is 21.8 Å². The van der Waals surface area contributed by atoms with Crippen LogP contribution in [-0.4, -0.2) is 18.1 Å². The number of aryl methyl sites for hydroxylation is 1. The quantitative estimate of drug-likeness (QED) is 0.721. The van der Waals surface area contributed by atoms with Crippen molar-refractivity contribution >= 4 is 34.0 Å². The van der Waals surface area contributed by atoms with Gasteiger partial charge in [-0.15, -0.1) is 0 Å². The van der Waals surface area contributed by atoms with Crippen molar-refractivity contribution in [3.05, 3.63) is 64.7 Å². The normalized spacial score (nSPS) is 10.6. The molecule has 0 saturated carbocycles. The molecule has 1 amide bonds. The molecule has 0 spiro atoms. The smallest absolute Gasteiger partial charge is 0.259 e. The van der Waals surface area contributed by atoms with Crippen LogP contribution in [-0.2, 0) is 0 Å². The largest absolute Gasteiger partial charge is 0.506 e. The van der Waals surface area contributed by atoms with Crippen LogP contribution >= 0.6 is 11.6 Å². The number of ether oxygens (including phenoxy) is 1. The first-order valence-electron chi connectivity index (χ1n) is 7.37. The molecule has 0 fully saturated rings. The number of carbonyl (C=O) groups is 1. The Labute approximate surface area is 144 Å². The Morgan fingerprint density at radius 3 is 2.62 bits per heavy atom. The second-order valence-corrected chi connectivity index (χ2v) is 5.87. The molecule has 0 heterocycles. The van der Waals surface area contributed by atoms with Crippen LogP contribution in [0.25, 0.3) is 10.8 Å². The molecule has 3 aromatic rings. The minimum Gasteiger partial charge on any atom is -0.506 e. The van der Waals surface area contributed by atoms with E-state index >= 15 is 0 Å². The van der Waals surface area contributed by atoms with Gasteiger partial charge in [-0.2, -0.15) is 0 Å². The van der Waals surface area contributed by atoms with Crippen molar-refractivity contribution in [3.8, 4) is 11.5 Å². The molecule has 0 aliphatic heterocycles. The Morgan fingerprint density at radius 2 is 1.88 bits per heavy atom. The molecule has 2 N–H and O–H groups in total. The van der Waals surface area contributed by atoms with Crippen LogP contribution in [0.4, 0.5) is 5.69 Å². The first kappa shape index (κ1) is 16.1. The fourth-order valence-electron chi connectivity index (χ4n) is 2.67. The summed E-state index contributed by atoms with van der Waals surface area (Å²) in [7, 11) is 1.53. The predicted octanol–water partition coefficient (Wildman–Crippen LogP) is 4.77. The SMILES string of the molecule is COc1ccccc1NC(=O)c1cc(C)c2ccc(Cl)cc2c1O. The van der Waals surface area contributed by atoms with Crippen LogP contribution in [0.1, 0.15) is 15.9 Å². The van der Waals surface area contributed by atoms with Gasteiger partial charge in [0.2, 0.25) is 0 Å². The second-order valence-electron chi connectivity index (χ2n) is 5.43. The Morgan fingerprint density at radius 1 is 1.12 bits per heavy atom. The summed E-state index contributed by atoms with van der Waals surface area (Å²) in [6.45, 7) is 1.88. The number of phenolic OH excluding ortho intramolecular Hbond substituents is 1. The highest BCUT2D eigenvalue weighted by molar-refractivity contribution is 6.31. The minimum atomic E-state index is -0.415. The number of methoxy groups -OCH3 is 1. The van der Waals surface area contributed by atoms with Gasteiger partial charge in [-0.25, -0.2) is 0 Å². The number of nitrogens with one attached hydrogen (secondary N) is 1. The van der Waals surface area contributed by atoms with Gasteiger partial charge in [0.1, 0.15) is 11.5 Å². The van der Waals surface area contributed by atoms with Gasteiger partial charge in [0.05, 0.1) is 18.4 Å². The Bertz CT molecular complexity index is 937. The predicted molar refractivity (Wildman–Crippen MR) is 96.3 cm³/mol. The molecule has 0 bridgehead atoms. The van der Waals surface area contributed by atoms with Crippen LogP contribution in [0.15, 0.2) is 48.5 Å². The maximum Gasteiger partial charge on any atom is 0.259 e. The summed E-state index contributed by atoms with van der Waals surface area (Å²) in [4.78, 5) is 12.6. The molecule has 0 atom stereocenters. The van der Waals surface area contributed by atoms with Gasteiger partial charge in [0.25, 0.3) is 5.91 Å². The van der Waals surface area contributed by atoms with Crippen LogP contribution < -0.4 is 10.1 Å². The minimum absolute atomic E-state index is 0.0921. The molecular formula is C19H16ClNO3. The summed E-state index contributed by atoms with van der Waals surface area (Å²) in [6, 6.07) is 14.0. The number of carbonyl (C=O) groups excluding carboxylic acids is 1. The Kier molecular flexibility index (Phi) is 4.32. The topological polar surface area (TPSA) is 58.6 Å².